The number of aliphatic hydroxyl groups excluding tert-OH is 1. The third-order valence-electron chi connectivity index (χ3n) is 1.45. The third kappa shape index (κ3) is 7.51. The summed E-state index contributed by atoms with van der Waals surface area (Å²) in [6.45, 7) is 1.26. The first-order valence-corrected chi connectivity index (χ1v) is 4.32. The highest BCUT2D eigenvalue weighted by molar-refractivity contribution is 5.73. The SMILES string of the molecule is CCC(O)COC(=O)CNCC(=O)O. The molecule has 1 unspecified atom stereocenters. The van der Waals surface area contributed by atoms with E-state index in [9.17, 15) is 9.59 Å². The van der Waals surface area contributed by atoms with Gasteiger partial charge in [0.1, 0.15) is 6.61 Å². The topological polar surface area (TPSA) is 95.9 Å². The number of rotatable bonds is 7. The summed E-state index contributed by atoms with van der Waals surface area (Å²) in [6, 6.07) is 0. The van der Waals surface area contributed by atoms with Gasteiger partial charge in [-0.1, -0.05) is 6.92 Å². The number of esters is 1. The molecule has 1 atom stereocenters. The molecule has 0 aliphatic carbocycles. The molecular formula is C8H15NO5. The van der Waals surface area contributed by atoms with Gasteiger partial charge in [-0.25, -0.2) is 0 Å². The molecule has 6 nitrogen and oxygen atoms in total. The van der Waals surface area contributed by atoms with Crippen LogP contribution in [0.25, 0.3) is 0 Å². The number of ether oxygens (including phenoxy) is 1. The standard InChI is InChI=1S/C8H15NO5/c1-2-6(10)5-14-8(13)4-9-3-7(11)12/h6,9-10H,2-5H2,1H3,(H,11,12). The van der Waals surface area contributed by atoms with Crippen molar-refractivity contribution in [3.63, 3.8) is 0 Å². The van der Waals surface area contributed by atoms with Crippen molar-refractivity contribution in [1.82, 2.24) is 5.32 Å². The first-order chi connectivity index (χ1) is 6.56. The molecule has 0 amide bonds. The molecular weight excluding hydrogens is 190 g/mol. The van der Waals surface area contributed by atoms with Gasteiger partial charge in [-0.15, -0.1) is 0 Å². The van der Waals surface area contributed by atoms with Gasteiger partial charge >= 0.3 is 11.9 Å². The zero-order valence-electron chi connectivity index (χ0n) is 8.02. The van der Waals surface area contributed by atoms with Crippen LogP contribution in [0.4, 0.5) is 0 Å². The predicted molar refractivity (Wildman–Crippen MR) is 47.8 cm³/mol. The summed E-state index contributed by atoms with van der Waals surface area (Å²) in [5, 5.41) is 19.6. The van der Waals surface area contributed by atoms with Crippen LogP contribution < -0.4 is 5.32 Å². The van der Waals surface area contributed by atoms with Crippen LogP contribution in [0.2, 0.25) is 0 Å². The smallest absolute Gasteiger partial charge is 0.320 e. The van der Waals surface area contributed by atoms with Crippen LogP contribution in [0.5, 0.6) is 0 Å². The second-order valence-corrected chi connectivity index (χ2v) is 2.74. The van der Waals surface area contributed by atoms with E-state index < -0.39 is 18.0 Å². The van der Waals surface area contributed by atoms with Crippen LogP contribution in [0.1, 0.15) is 13.3 Å². The highest BCUT2D eigenvalue weighted by atomic mass is 16.5. The van der Waals surface area contributed by atoms with Crippen molar-refractivity contribution in [2.75, 3.05) is 19.7 Å². The normalized spacial score (nSPS) is 12.1. The zero-order valence-corrected chi connectivity index (χ0v) is 8.02. The Kier molecular flexibility index (Phi) is 6.69. The van der Waals surface area contributed by atoms with E-state index in [2.05, 4.69) is 10.1 Å². The fourth-order valence-electron chi connectivity index (χ4n) is 0.630. The van der Waals surface area contributed by atoms with E-state index in [1.54, 1.807) is 6.92 Å². The molecule has 82 valence electrons. The minimum Gasteiger partial charge on any atom is -0.480 e. The maximum absolute atomic E-state index is 10.9. The number of aliphatic hydroxyl groups is 1. The van der Waals surface area contributed by atoms with Crippen molar-refractivity contribution < 1.29 is 24.5 Å². The Morgan fingerprint density at radius 2 is 2.07 bits per heavy atom. The number of carbonyl (C=O) groups is 2. The molecule has 0 aromatic carbocycles. The van der Waals surface area contributed by atoms with Gasteiger partial charge < -0.3 is 14.9 Å². The molecule has 6 heteroatoms. The molecule has 14 heavy (non-hydrogen) atoms. The van der Waals surface area contributed by atoms with Gasteiger partial charge in [0.2, 0.25) is 0 Å². The Bertz CT molecular complexity index is 194. The molecule has 0 rings (SSSR count). The van der Waals surface area contributed by atoms with Crippen LogP contribution in [-0.2, 0) is 14.3 Å². The van der Waals surface area contributed by atoms with Crippen LogP contribution in [0.15, 0.2) is 0 Å². The van der Waals surface area contributed by atoms with E-state index in [0.29, 0.717) is 6.42 Å². The van der Waals surface area contributed by atoms with Crippen molar-refractivity contribution in [2.24, 2.45) is 0 Å². The summed E-state index contributed by atoms with van der Waals surface area (Å²) in [4.78, 5) is 20.9. The number of carboxylic acid groups (broad SMARTS) is 1. The minimum absolute atomic E-state index is 0.0515. The van der Waals surface area contributed by atoms with Gasteiger partial charge in [0.15, 0.2) is 0 Å². The first-order valence-electron chi connectivity index (χ1n) is 4.32. The summed E-state index contributed by atoms with van der Waals surface area (Å²) in [7, 11) is 0. The summed E-state index contributed by atoms with van der Waals surface area (Å²) in [5.41, 5.74) is 0. The minimum atomic E-state index is -1.04. The summed E-state index contributed by atoms with van der Waals surface area (Å²) >= 11 is 0. The molecule has 0 aliphatic heterocycles. The molecule has 0 aromatic heterocycles. The maximum Gasteiger partial charge on any atom is 0.320 e. The predicted octanol–water partition coefficient (Wildman–Crippen LogP) is -1.03. The fourth-order valence-corrected chi connectivity index (χ4v) is 0.630. The van der Waals surface area contributed by atoms with Crippen LogP contribution in [0.3, 0.4) is 0 Å². The van der Waals surface area contributed by atoms with E-state index in [-0.39, 0.29) is 19.7 Å². The van der Waals surface area contributed by atoms with E-state index >= 15 is 0 Å². The molecule has 0 saturated carbocycles. The number of hydrogen-bond acceptors (Lipinski definition) is 5. The largest absolute Gasteiger partial charge is 0.480 e. The molecule has 0 aliphatic rings. The maximum atomic E-state index is 10.9. The van der Waals surface area contributed by atoms with Crippen LogP contribution in [0, 0.1) is 0 Å². The number of nitrogens with one attached hydrogen (secondary N) is 1. The van der Waals surface area contributed by atoms with E-state index in [4.69, 9.17) is 10.2 Å². The molecule has 0 radical (unpaired) electrons. The Labute approximate surface area is 81.9 Å². The van der Waals surface area contributed by atoms with Crippen LogP contribution >= 0.6 is 0 Å². The number of aliphatic carboxylic acids is 1. The second kappa shape index (κ2) is 7.28. The zero-order chi connectivity index (χ0) is 11.0. The highest BCUT2D eigenvalue weighted by Crippen LogP contribution is 1.90. The summed E-state index contributed by atoms with van der Waals surface area (Å²) in [5.74, 6) is -1.61. The molecule has 0 saturated heterocycles. The number of hydrogen-bond donors (Lipinski definition) is 3. The van der Waals surface area contributed by atoms with E-state index in [0.717, 1.165) is 0 Å². The van der Waals surface area contributed by atoms with E-state index in [1.165, 1.54) is 0 Å². The third-order valence-corrected chi connectivity index (χ3v) is 1.45. The van der Waals surface area contributed by atoms with Gasteiger partial charge in [-0.3, -0.25) is 14.9 Å². The van der Waals surface area contributed by atoms with Crippen molar-refractivity contribution >= 4 is 11.9 Å². The Hall–Kier alpha value is -1.14. The Balaban J connectivity index is 3.41. The monoisotopic (exact) mass is 205 g/mol. The van der Waals surface area contributed by atoms with Crippen molar-refractivity contribution in [2.45, 2.75) is 19.4 Å². The lowest BCUT2D eigenvalue weighted by Gasteiger charge is -2.08. The van der Waals surface area contributed by atoms with Gasteiger partial charge in [-0.05, 0) is 6.42 Å². The Morgan fingerprint density at radius 3 is 2.57 bits per heavy atom. The van der Waals surface area contributed by atoms with E-state index in [1.807, 2.05) is 0 Å². The lowest BCUT2D eigenvalue weighted by atomic mass is 10.3. The van der Waals surface area contributed by atoms with Gasteiger partial charge in [-0.2, -0.15) is 0 Å². The second-order valence-electron chi connectivity index (χ2n) is 2.74. The quantitative estimate of drug-likeness (QED) is 0.460. The molecule has 3 N–H and O–H groups in total. The Morgan fingerprint density at radius 1 is 1.43 bits per heavy atom. The molecule has 0 spiro atoms. The summed E-state index contributed by atoms with van der Waals surface area (Å²) in [6.07, 6.45) is -0.144. The number of carbonyl (C=O) groups excluding carboxylic acids is 1. The average Bonchev–Trinajstić information content (AvgIpc) is 2.13. The molecule has 0 fully saturated rings. The average molecular weight is 205 g/mol. The van der Waals surface area contributed by atoms with Gasteiger partial charge in [0.05, 0.1) is 19.2 Å². The summed E-state index contributed by atoms with van der Waals surface area (Å²) < 4.78 is 4.63. The lowest BCUT2D eigenvalue weighted by molar-refractivity contribution is -0.145. The molecule has 0 aromatic rings. The fraction of sp³-hybridized carbons (Fsp3) is 0.750. The van der Waals surface area contributed by atoms with Crippen molar-refractivity contribution in [3.05, 3.63) is 0 Å². The molecule has 0 heterocycles. The lowest BCUT2D eigenvalue weighted by Crippen LogP contribution is -2.31. The molecule has 0 bridgehead atoms. The van der Waals surface area contributed by atoms with Gasteiger partial charge in [0.25, 0.3) is 0 Å². The highest BCUT2D eigenvalue weighted by Gasteiger charge is 2.07. The number of carboxylic acids is 1. The van der Waals surface area contributed by atoms with Crippen molar-refractivity contribution in [3.8, 4) is 0 Å². The van der Waals surface area contributed by atoms with Crippen LogP contribution in [-0.4, -0.2) is 48.0 Å². The van der Waals surface area contributed by atoms with Gasteiger partial charge in [0, 0.05) is 0 Å². The first kappa shape index (κ1) is 12.9. The van der Waals surface area contributed by atoms with Crippen molar-refractivity contribution in [1.29, 1.82) is 0 Å².